The molecule has 1 aliphatic heterocycles. The van der Waals surface area contributed by atoms with Gasteiger partial charge in [0, 0.05) is 45.2 Å². The molecule has 0 aromatic heterocycles. The third-order valence-electron chi connectivity index (χ3n) is 5.37. The van der Waals surface area contributed by atoms with Crippen LogP contribution >= 0.6 is 0 Å². The Morgan fingerprint density at radius 2 is 1.85 bits per heavy atom. The summed E-state index contributed by atoms with van der Waals surface area (Å²) in [6, 6.07) is 6.47. The molecule has 2 rings (SSSR count). The predicted molar refractivity (Wildman–Crippen MR) is 105 cm³/mol. The first-order valence-electron chi connectivity index (χ1n) is 9.71. The molecule has 5 nitrogen and oxygen atoms in total. The summed E-state index contributed by atoms with van der Waals surface area (Å²) in [6.07, 6.45) is 0.392. The Balaban J connectivity index is 2.13. The molecule has 1 aromatic carbocycles. The molecule has 0 N–H and O–H groups in total. The normalized spacial score (nSPS) is 18.9. The van der Waals surface area contributed by atoms with Crippen LogP contribution < -0.4 is 0 Å². The van der Waals surface area contributed by atoms with Crippen molar-refractivity contribution in [2.75, 3.05) is 26.7 Å². The van der Waals surface area contributed by atoms with Crippen LogP contribution in [-0.2, 0) is 16.1 Å². The summed E-state index contributed by atoms with van der Waals surface area (Å²) in [5.74, 6) is 0.144. The number of benzene rings is 1. The first-order valence-corrected chi connectivity index (χ1v) is 9.71. The van der Waals surface area contributed by atoms with Crippen molar-refractivity contribution in [2.45, 2.75) is 52.7 Å². The number of hydrogen-bond donors (Lipinski definition) is 0. The molecule has 1 fully saturated rings. The number of carbonyl (C=O) groups is 2. The highest BCUT2D eigenvalue weighted by Crippen LogP contribution is 2.21. The van der Waals surface area contributed by atoms with Gasteiger partial charge in [-0.1, -0.05) is 26.0 Å². The number of amides is 2. The molecule has 0 aliphatic carbocycles. The highest BCUT2D eigenvalue weighted by atomic mass is 19.1. The lowest BCUT2D eigenvalue weighted by Gasteiger charge is -2.35. The van der Waals surface area contributed by atoms with E-state index >= 15 is 0 Å². The first-order chi connectivity index (χ1) is 12.7. The monoisotopic (exact) mass is 377 g/mol. The number of hydrogen-bond acceptors (Lipinski definition) is 3. The minimum atomic E-state index is -0.277. The lowest BCUT2D eigenvalue weighted by molar-refractivity contribution is -0.134. The summed E-state index contributed by atoms with van der Waals surface area (Å²) >= 11 is 0. The van der Waals surface area contributed by atoms with Gasteiger partial charge in [-0.3, -0.25) is 14.5 Å². The molecular weight excluding hydrogens is 345 g/mol. The molecule has 6 heteroatoms. The van der Waals surface area contributed by atoms with Crippen LogP contribution in [0.3, 0.4) is 0 Å². The Bertz CT molecular complexity index is 645. The van der Waals surface area contributed by atoms with Crippen molar-refractivity contribution >= 4 is 11.8 Å². The van der Waals surface area contributed by atoms with Crippen molar-refractivity contribution in [2.24, 2.45) is 5.92 Å². The van der Waals surface area contributed by atoms with E-state index in [1.165, 1.54) is 12.1 Å². The predicted octanol–water partition coefficient (Wildman–Crippen LogP) is 2.75. The maximum Gasteiger partial charge on any atom is 0.236 e. The van der Waals surface area contributed by atoms with Gasteiger partial charge in [0.05, 0.1) is 6.54 Å². The smallest absolute Gasteiger partial charge is 0.236 e. The third-order valence-corrected chi connectivity index (χ3v) is 5.37. The molecule has 1 atom stereocenters. The quantitative estimate of drug-likeness (QED) is 0.766. The van der Waals surface area contributed by atoms with E-state index < -0.39 is 0 Å². The van der Waals surface area contributed by atoms with Crippen LogP contribution in [0.4, 0.5) is 4.39 Å². The first kappa shape index (κ1) is 21.4. The van der Waals surface area contributed by atoms with Crippen LogP contribution in [0, 0.1) is 11.7 Å². The number of carbonyl (C=O) groups excluding carboxylic acids is 2. The summed E-state index contributed by atoms with van der Waals surface area (Å²) < 4.78 is 13.2. The molecule has 1 aromatic rings. The van der Waals surface area contributed by atoms with Crippen molar-refractivity contribution in [3.05, 3.63) is 35.6 Å². The van der Waals surface area contributed by atoms with Crippen LogP contribution in [-0.4, -0.2) is 65.3 Å². The standard InChI is InChI=1S/C21H32FN3O2/c1-15(2)19-13-24(14-21(27)23(5)16(3)4)11-10-20(26)25(19)12-17-6-8-18(22)9-7-17/h6-9,15-16,19H,10-14H2,1-5H3. The fourth-order valence-electron chi connectivity index (χ4n) is 3.33. The molecule has 2 amide bonds. The second kappa shape index (κ2) is 9.31. The molecule has 0 bridgehead atoms. The van der Waals surface area contributed by atoms with Gasteiger partial charge in [0.15, 0.2) is 0 Å². The van der Waals surface area contributed by atoms with Crippen LogP contribution in [0.15, 0.2) is 24.3 Å². The summed E-state index contributed by atoms with van der Waals surface area (Å²) in [5, 5.41) is 0. The molecular formula is C21H32FN3O2. The molecule has 150 valence electrons. The van der Waals surface area contributed by atoms with E-state index in [0.29, 0.717) is 32.6 Å². The van der Waals surface area contributed by atoms with E-state index in [2.05, 4.69) is 18.7 Å². The van der Waals surface area contributed by atoms with Gasteiger partial charge in [0.1, 0.15) is 5.82 Å². The van der Waals surface area contributed by atoms with Crippen LogP contribution in [0.5, 0.6) is 0 Å². The van der Waals surface area contributed by atoms with Crippen molar-refractivity contribution in [1.82, 2.24) is 14.7 Å². The summed E-state index contributed by atoms with van der Waals surface area (Å²) in [4.78, 5) is 31.0. The van der Waals surface area contributed by atoms with Gasteiger partial charge in [-0.25, -0.2) is 4.39 Å². The zero-order chi connectivity index (χ0) is 20.1. The number of rotatable bonds is 6. The lowest BCUT2D eigenvalue weighted by atomic mass is 10.0. The average molecular weight is 378 g/mol. The Kier molecular flexibility index (Phi) is 7.36. The van der Waals surface area contributed by atoms with Gasteiger partial charge < -0.3 is 9.80 Å². The van der Waals surface area contributed by atoms with E-state index in [4.69, 9.17) is 0 Å². The van der Waals surface area contributed by atoms with Gasteiger partial charge in [-0.15, -0.1) is 0 Å². The van der Waals surface area contributed by atoms with Crippen LogP contribution in [0.25, 0.3) is 0 Å². The van der Waals surface area contributed by atoms with Crippen LogP contribution in [0.2, 0.25) is 0 Å². The molecule has 1 heterocycles. The maximum absolute atomic E-state index is 13.2. The zero-order valence-electron chi connectivity index (χ0n) is 17.1. The highest BCUT2D eigenvalue weighted by molar-refractivity contribution is 5.79. The Labute approximate surface area is 162 Å². The molecule has 1 unspecified atom stereocenters. The molecule has 1 aliphatic rings. The van der Waals surface area contributed by atoms with E-state index in [0.717, 1.165) is 5.56 Å². The zero-order valence-corrected chi connectivity index (χ0v) is 17.1. The summed E-state index contributed by atoms with van der Waals surface area (Å²) in [5.41, 5.74) is 0.916. The Hall–Kier alpha value is -1.95. The van der Waals surface area contributed by atoms with Gasteiger partial charge >= 0.3 is 0 Å². The SMILES string of the molecule is CC(C)C1CN(CC(=O)N(C)C(C)C)CCC(=O)N1Cc1ccc(F)cc1. The fraction of sp³-hybridized carbons (Fsp3) is 0.619. The van der Waals surface area contributed by atoms with E-state index in [-0.39, 0.29) is 35.6 Å². The molecule has 27 heavy (non-hydrogen) atoms. The van der Waals surface area contributed by atoms with Gasteiger partial charge in [0.2, 0.25) is 11.8 Å². The fourth-order valence-corrected chi connectivity index (χ4v) is 3.33. The summed E-state index contributed by atoms with van der Waals surface area (Å²) in [6.45, 7) is 10.2. The van der Waals surface area contributed by atoms with Crippen molar-refractivity contribution in [1.29, 1.82) is 0 Å². The highest BCUT2D eigenvalue weighted by Gasteiger charge is 2.32. The minimum Gasteiger partial charge on any atom is -0.342 e. The molecule has 0 radical (unpaired) electrons. The largest absolute Gasteiger partial charge is 0.342 e. The minimum absolute atomic E-state index is 0.0159. The molecule has 0 saturated carbocycles. The number of nitrogens with zero attached hydrogens (tertiary/aromatic N) is 3. The maximum atomic E-state index is 13.2. The molecule has 0 spiro atoms. The van der Waals surface area contributed by atoms with Crippen molar-refractivity contribution in [3.8, 4) is 0 Å². The lowest BCUT2D eigenvalue weighted by Crippen LogP contribution is -2.48. The van der Waals surface area contributed by atoms with Crippen molar-refractivity contribution in [3.63, 3.8) is 0 Å². The number of likely N-dealkylation sites (N-methyl/N-ethyl adjacent to an activating group) is 1. The van der Waals surface area contributed by atoms with Gasteiger partial charge in [-0.2, -0.15) is 0 Å². The second-order valence-electron chi connectivity index (χ2n) is 8.04. The number of halogens is 1. The molecule has 1 saturated heterocycles. The second-order valence-corrected chi connectivity index (χ2v) is 8.04. The van der Waals surface area contributed by atoms with Gasteiger partial charge in [-0.05, 0) is 37.5 Å². The van der Waals surface area contributed by atoms with Crippen LogP contribution in [0.1, 0.15) is 39.7 Å². The Morgan fingerprint density at radius 3 is 2.41 bits per heavy atom. The van der Waals surface area contributed by atoms with E-state index in [9.17, 15) is 14.0 Å². The van der Waals surface area contributed by atoms with Crippen molar-refractivity contribution < 1.29 is 14.0 Å². The van der Waals surface area contributed by atoms with Gasteiger partial charge in [0.25, 0.3) is 0 Å². The van der Waals surface area contributed by atoms with E-state index in [1.807, 2.05) is 25.8 Å². The van der Waals surface area contributed by atoms with E-state index in [1.54, 1.807) is 17.0 Å². The average Bonchev–Trinajstić information content (AvgIpc) is 2.76. The Morgan fingerprint density at radius 1 is 1.22 bits per heavy atom. The topological polar surface area (TPSA) is 43.9 Å². The third kappa shape index (κ3) is 5.76. The summed E-state index contributed by atoms with van der Waals surface area (Å²) in [7, 11) is 1.82.